The Hall–Kier alpha value is -4.08. The minimum Gasteiger partial charge on any atom is -0.475 e. The lowest BCUT2D eigenvalue weighted by Crippen LogP contribution is -2.23. The Kier molecular flexibility index (Phi) is 5.35. The van der Waals surface area contributed by atoms with Crippen LogP contribution in [0.5, 0.6) is 0 Å². The van der Waals surface area contributed by atoms with E-state index >= 15 is 0 Å². The van der Waals surface area contributed by atoms with Crippen LogP contribution in [0.25, 0.3) is 0 Å². The van der Waals surface area contributed by atoms with Crippen molar-refractivity contribution in [2.75, 3.05) is 10.6 Å². The lowest BCUT2D eigenvalue weighted by molar-refractivity contribution is 0.0660. The number of imidazole rings is 1. The monoisotopic (exact) mass is 397 g/mol. The molecule has 6 N–H and O–H groups in total. The fraction of sp³-hybridized carbons (Fsp3) is 0.158. The zero-order chi connectivity index (χ0) is 21.1. The van der Waals surface area contributed by atoms with E-state index in [-0.39, 0.29) is 29.5 Å². The predicted octanol–water partition coefficient (Wildman–Crippen LogP) is 2.65. The number of benzene rings is 1. The largest absolute Gasteiger partial charge is 0.475 e. The van der Waals surface area contributed by atoms with E-state index in [1.165, 1.54) is 12.1 Å². The number of hydrogen-bond acceptors (Lipinski definition) is 5. The van der Waals surface area contributed by atoms with Crippen LogP contribution in [0.2, 0.25) is 0 Å². The second-order valence-corrected chi connectivity index (χ2v) is 6.37. The summed E-state index contributed by atoms with van der Waals surface area (Å²) in [5, 5.41) is 14.1. The summed E-state index contributed by atoms with van der Waals surface area (Å²) in [6, 6.07) is 7.80. The normalized spacial score (nSPS) is 10.6. The first-order valence-corrected chi connectivity index (χ1v) is 8.59. The van der Waals surface area contributed by atoms with Crippen LogP contribution in [0.3, 0.4) is 0 Å². The molecule has 10 nitrogen and oxygen atoms in total. The highest BCUT2D eigenvalue weighted by atomic mass is 16.4. The van der Waals surface area contributed by atoms with Crippen LogP contribution in [0, 0.1) is 13.8 Å². The third-order valence-electron chi connectivity index (χ3n) is 4.16. The van der Waals surface area contributed by atoms with E-state index in [9.17, 15) is 14.4 Å². The van der Waals surface area contributed by atoms with Crippen molar-refractivity contribution in [3.05, 3.63) is 64.5 Å². The number of anilines is 2. The van der Waals surface area contributed by atoms with Gasteiger partial charge < -0.3 is 25.6 Å². The van der Waals surface area contributed by atoms with Gasteiger partial charge in [0, 0.05) is 5.69 Å². The molecule has 150 valence electrons. The first kappa shape index (κ1) is 19.7. The Morgan fingerprint density at radius 3 is 2.41 bits per heavy atom. The number of hydrogen-bond donors (Lipinski definition) is 5. The van der Waals surface area contributed by atoms with Gasteiger partial charge >= 0.3 is 12.0 Å². The Labute approximate surface area is 165 Å². The number of urea groups is 1. The zero-order valence-corrected chi connectivity index (χ0v) is 15.7. The Bertz CT molecular complexity index is 1080. The van der Waals surface area contributed by atoms with Gasteiger partial charge in [-0.2, -0.15) is 0 Å². The summed E-state index contributed by atoms with van der Waals surface area (Å²) in [4.78, 5) is 41.9. The predicted molar refractivity (Wildman–Crippen MR) is 104 cm³/mol. The molecule has 0 atom stereocenters. The summed E-state index contributed by atoms with van der Waals surface area (Å²) in [7, 11) is 0. The van der Waals surface area contributed by atoms with E-state index in [2.05, 4.69) is 20.6 Å². The van der Waals surface area contributed by atoms with Gasteiger partial charge in [0.25, 0.3) is 5.91 Å². The first-order valence-electron chi connectivity index (χ1n) is 8.59. The second kappa shape index (κ2) is 7.89. The van der Waals surface area contributed by atoms with Gasteiger partial charge in [-0.1, -0.05) is 18.2 Å². The van der Waals surface area contributed by atoms with Crippen molar-refractivity contribution in [1.29, 1.82) is 0 Å². The van der Waals surface area contributed by atoms with Crippen molar-refractivity contribution >= 4 is 29.4 Å². The highest BCUT2D eigenvalue weighted by Crippen LogP contribution is 2.21. The maximum absolute atomic E-state index is 12.4. The summed E-state index contributed by atoms with van der Waals surface area (Å²) in [6.45, 7) is 3.72. The molecule has 0 radical (unpaired) electrons. The number of carboxylic acid groups (broad SMARTS) is 1. The van der Waals surface area contributed by atoms with E-state index < -0.39 is 17.9 Å². The molecule has 0 saturated heterocycles. The highest BCUT2D eigenvalue weighted by Gasteiger charge is 2.19. The molecule has 0 aliphatic carbocycles. The van der Waals surface area contributed by atoms with Crippen molar-refractivity contribution in [3.8, 4) is 0 Å². The van der Waals surface area contributed by atoms with Crippen LogP contribution in [0.15, 0.2) is 34.7 Å². The average Bonchev–Trinajstić information content (AvgIpc) is 3.26. The Balaban J connectivity index is 1.78. The minimum atomic E-state index is -1.20. The van der Waals surface area contributed by atoms with Crippen LogP contribution in [-0.4, -0.2) is 33.0 Å². The number of primary amides is 1. The number of rotatable bonds is 6. The third-order valence-corrected chi connectivity index (χ3v) is 4.16. The fourth-order valence-corrected chi connectivity index (χ4v) is 2.79. The second-order valence-electron chi connectivity index (χ2n) is 6.37. The molecule has 3 amide bonds. The Morgan fingerprint density at radius 1 is 1.14 bits per heavy atom. The average molecular weight is 397 g/mol. The number of aromatic carboxylic acids is 1. The summed E-state index contributed by atoms with van der Waals surface area (Å²) in [6.07, 6.45) is 0.0771. The molecular weight excluding hydrogens is 378 g/mol. The molecule has 3 rings (SSSR count). The summed E-state index contributed by atoms with van der Waals surface area (Å²) < 4.78 is 5.17. The van der Waals surface area contributed by atoms with Gasteiger partial charge in [-0.05, 0) is 37.1 Å². The standard InChI is InChI=1S/C19H19N5O5/c1-9-4-3-5-10(2)14(9)23-19(28)24-17-15(16(20)25)21-13(22-17)8-11-6-7-12(29-11)18(26)27/h3-7H,8H2,1-2H3,(H2,20,25)(H,21,22)(H,26,27)(H2,23,24,28). The van der Waals surface area contributed by atoms with Crippen molar-refractivity contribution in [1.82, 2.24) is 9.97 Å². The molecule has 0 unspecified atom stereocenters. The molecule has 1 aromatic carbocycles. The molecular formula is C19H19N5O5. The number of para-hydroxylation sites is 1. The molecule has 2 heterocycles. The van der Waals surface area contributed by atoms with Gasteiger partial charge in [0.05, 0.1) is 6.42 Å². The SMILES string of the molecule is Cc1cccc(C)c1NC(=O)Nc1nc(Cc2ccc(C(=O)O)o2)[nH]c1C(N)=O. The number of carboxylic acids is 1. The number of furan rings is 1. The number of nitrogens with one attached hydrogen (secondary N) is 3. The van der Waals surface area contributed by atoms with E-state index in [0.717, 1.165) is 11.1 Å². The molecule has 0 aliphatic heterocycles. The van der Waals surface area contributed by atoms with Gasteiger partial charge in [0.15, 0.2) is 5.82 Å². The molecule has 0 spiro atoms. The van der Waals surface area contributed by atoms with Gasteiger partial charge in [-0.25, -0.2) is 14.6 Å². The fourth-order valence-electron chi connectivity index (χ4n) is 2.79. The van der Waals surface area contributed by atoms with Crippen molar-refractivity contribution in [2.45, 2.75) is 20.3 Å². The van der Waals surface area contributed by atoms with Gasteiger partial charge in [-0.3, -0.25) is 10.1 Å². The molecule has 0 fully saturated rings. The van der Waals surface area contributed by atoms with Crippen LogP contribution in [-0.2, 0) is 6.42 Å². The number of nitrogens with two attached hydrogens (primary N) is 1. The number of aromatic amines is 1. The van der Waals surface area contributed by atoms with Gasteiger partial charge in [0.1, 0.15) is 17.3 Å². The molecule has 10 heteroatoms. The van der Waals surface area contributed by atoms with Crippen LogP contribution < -0.4 is 16.4 Å². The summed E-state index contributed by atoms with van der Waals surface area (Å²) >= 11 is 0. The number of H-pyrrole nitrogens is 1. The van der Waals surface area contributed by atoms with Crippen molar-refractivity contribution in [2.24, 2.45) is 5.73 Å². The summed E-state index contributed by atoms with van der Waals surface area (Å²) in [5.74, 6) is -1.67. The smallest absolute Gasteiger partial charge is 0.371 e. The zero-order valence-electron chi connectivity index (χ0n) is 15.7. The number of amides is 3. The molecule has 3 aromatic rings. The highest BCUT2D eigenvalue weighted by molar-refractivity contribution is 6.04. The first-order chi connectivity index (χ1) is 13.7. The molecule has 29 heavy (non-hydrogen) atoms. The van der Waals surface area contributed by atoms with Crippen molar-refractivity contribution < 1.29 is 23.9 Å². The van der Waals surface area contributed by atoms with Gasteiger partial charge in [0.2, 0.25) is 5.76 Å². The van der Waals surface area contributed by atoms with E-state index in [1.54, 1.807) is 0 Å². The van der Waals surface area contributed by atoms with Crippen LogP contribution >= 0.6 is 0 Å². The molecule has 0 aliphatic rings. The quantitative estimate of drug-likeness (QED) is 0.429. The van der Waals surface area contributed by atoms with Crippen molar-refractivity contribution in [3.63, 3.8) is 0 Å². The maximum Gasteiger partial charge on any atom is 0.371 e. The number of nitrogens with zero attached hydrogens (tertiary/aromatic N) is 1. The van der Waals surface area contributed by atoms with Crippen LogP contribution in [0.1, 0.15) is 43.8 Å². The van der Waals surface area contributed by atoms with Crippen LogP contribution in [0.4, 0.5) is 16.3 Å². The lowest BCUT2D eigenvalue weighted by atomic mass is 10.1. The Morgan fingerprint density at radius 2 is 1.83 bits per heavy atom. The minimum absolute atomic E-state index is 0.0405. The molecule has 0 saturated carbocycles. The molecule has 0 bridgehead atoms. The molecule has 2 aromatic heterocycles. The van der Waals surface area contributed by atoms with E-state index in [4.69, 9.17) is 15.3 Å². The van der Waals surface area contributed by atoms with E-state index in [0.29, 0.717) is 11.4 Å². The topological polar surface area (TPSA) is 163 Å². The van der Waals surface area contributed by atoms with Gasteiger partial charge in [-0.15, -0.1) is 0 Å². The third kappa shape index (κ3) is 4.43. The van der Waals surface area contributed by atoms with E-state index in [1.807, 2.05) is 32.0 Å². The lowest BCUT2D eigenvalue weighted by Gasteiger charge is -2.11. The number of aryl methyl sites for hydroxylation is 2. The maximum atomic E-state index is 12.4. The number of carbonyl (C=O) groups is 3. The summed E-state index contributed by atoms with van der Waals surface area (Å²) in [5.41, 5.74) is 7.69. The number of aromatic nitrogens is 2. The number of carbonyl (C=O) groups excluding carboxylic acids is 2.